The van der Waals surface area contributed by atoms with Crippen LogP contribution in [-0.2, 0) is 13.6 Å². The Labute approximate surface area is 113 Å². The highest BCUT2D eigenvalue weighted by atomic mass is 14.9. The number of anilines is 1. The highest BCUT2D eigenvalue weighted by Crippen LogP contribution is 2.21. The summed E-state index contributed by atoms with van der Waals surface area (Å²) in [6.07, 6.45) is 2.20. The maximum atomic E-state index is 3.49. The van der Waals surface area contributed by atoms with Crippen LogP contribution in [-0.4, -0.2) is 4.57 Å². The van der Waals surface area contributed by atoms with E-state index in [0.29, 0.717) is 0 Å². The Morgan fingerprint density at radius 3 is 2.74 bits per heavy atom. The van der Waals surface area contributed by atoms with Crippen molar-refractivity contribution in [2.45, 2.75) is 13.5 Å². The minimum absolute atomic E-state index is 0.852. The molecule has 2 heteroatoms. The van der Waals surface area contributed by atoms with Gasteiger partial charge < -0.3 is 9.88 Å². The fourth-order valence-electron chi connectivity index (χ4n) is 2.52. The van der Waals surface area contributed by atoms with Crippen LogP contribution in [0.5, 0.6) is 0 Å². The number of nitrogens with zero attached hydrogens (tertiary/aromatic N) is 1. The normalized spacial score (nSPS) is 10.8. The molecule has 3 aromatic rings. The van der Waals surface area contributed by atoms with E-state index in [4.69, 9.17) is 0 Å². The molecule has 0 bridgehead atoms. The van der Waals surface area contributed by atoms with Crippen LogP contribution in [0.2, 0.25) is 0 Å². The number of fused-ring (bicyclic) bond motifs is 1. The molecule has 0 fully saturated rings. The van der Waals surface area contributed by atoms with E-state index in [-0.39, 0.29) is 0 Å². The van der Waals surface area contributed by atoms with Gasteiger partial charge >= 0.3 is 0 Å². The van der Waals surface area contributed by atoms with Crippen molar-refractivity contribution >= 4 is 16.6 Å². The van der Waals surface area contributed by atoms with Crippen LogP contribution in [0.4, 0.5) is 5.69 Å². The fourth-order valence-corrected chi connectivity index (χ4v) is 2.52. The molecule has 1 heterocycles. The zero-order valence-electron chi connectivity index (χ0n) is 11.4. The lowest BCUT2D eigenvalue weighted by Crippen LogP contribution is -1.98. The second-order valence-electron chi connectivity index (χ2n) is 5.01. The van der Waals surface area contributed by atoms with E-state index in [2.05, 4.69) is 78.6 Å². The number of hydrogen-bond donors (Lipinski definition) is 1. The maximum Gasteiger partial charge on any atom is 0.0481 e. The van der Waals surface area contributed by atoms with Gasteiger partial charge in [0.25, 0.3) is 0 Å². The van der Waals surface area contributed by atoms with Gasteiger partial charge in [0.1, 0.15) is 0 Å². The molecule has 0 aliphatic rings. The molecular weight excluding hydrogens is 232 g/mol. The van der Waals surface area contributed by atoms with E-state index >= 15 is 0 Å². The first-order valence-electron chi connectivity index (χ1n) is 6.57. The Balaban J connectivity index is 1.86. The Morgan fingerprint density at radius 1 is 1.05 bits per heavy atom. The van der Waals surface area contributed by atoms with Gasteiger partial charge in [0.15, 0.2) is 0 Å². The standard InChI is InChI=1S/C17H18N2/c1-13-6-5-7-15(10-13)18-11-14-12-19(2)17-9-4-3-8-16(14)17/h3-10,12,18H,11H2,1-2H3. The summed E-state index contributed by atoms with van der Waals surface area (Å²) in [5.74, 6) is 0. The topological polar surface area (TPSA) is 17.0 Å². The first-order chi connectivity index (χ1) is 9.24. The Hall–Kier alpha value is -2.22. The van der Waals surface area contributed by atoms with Gasteiger partial charge in [-0.2, -0.15) is 0 Å². The van der Waals surface area contributed by atoms with Crippen LogP contribution in [0.15, 0.2) is 54.7 Å². The summed E-state index contributed by atoms with van der Waals surface area (Å²) >= 11 is 0. The van der Waals surface area contributed by atoms with Crippen molar-refractivity contribution in [3.05, 3.63) is 65.9 Å². The quantitative estimate of drug-likeness (QED) is 0.740. The van der Waals surface area contributed by atoms with Crippen molar-refractivity contribution in [2.24, 2.45) is 7.05 Å². The van der Waals surface area contributed by atoms with E-state index in [1.54, 1.807) is 0 Å². The van der Waals surface area contributed by atoms with Crippen molar-refractivity contribution in [1.29, 1.82) is 0 Å². The molecule has 19 heavy (non-hydrogen) atoms. The van der Waals surface area contributed by atoms with Crippen molar-refractivity contribution < 1.29 is 0 Å². The number of aryl methyl sites for hydroxylation is 2. The number of hydrogen-bond acceptors (Lipinski definition) is 1. The van der Waals surface area contributed by atoms with Gasteiger partial charge in [-0.1, -0.05) is 30.3 Å². The van der Waals surface area contributed by atoms with Gasteiger partial charge in [0.2, 0.25) is 0 Å². The van der Waals surface area contributed by atoms with Crippen molar-refractivity contribution in [3.8, 4) is 0 Å². The molecule has 0 aliphatic heterocycles. The zero-order valence-corrected chi connectivity index (χ0v) is 11.4. The number of para-hydroxylation sites is 1. The summed E-state index contributed by atoms with van der Waals surface area (Å²) in [6.45, 7) is 2.97. The Morgan fingerprint density at radius 2 is 1.89 bits per heavy atom. The SMILES string of the molecule is Cc1cccc(NCc2cn(C)c3ccccc23)c1. The maximum absolute atomic E-state index is 3.49. The number of benzene rings is 2. The number of aromatic nitrogens is 1. The summed E-state index contributed by atoms with van der Waals surface area (Å²) in [6, 6.07) is 17.0. The Kier molecular flexibility index (Phi) is 3.00. The molecule has 0 atom stereocenters. The molecule has 1 N–H and O–H groups in total. The minimum Gasteiger partial charge on any atom is -0.381 e. The highest BCUT2D eigenvalue weighted by Gasteiger charge is 2.05. The van der Waals surface area contributed by atoms with Gasteiger partial charge in [-0.05, 0) is 36.2 Å². The molecule has 2 nitrogen and oxygen atoms in total. The monoisotopic (exact) mass is 250 g/mol. The summed E-state index contributed by atoms with van der Waals surface area (Å²) < 4.78 is 2.18. The predicted molar refractivity (Wildman–Crippen MR) is 81.4 cm³/mol. The fraction of sp³-hybridized carbons (Fsp3) is 0.176. The van der Waals surface area contributed by atoms with E-state index in [9.17, 15) is 0 Å². The molecular formula is C17H18N2. The lowest BCUT2D eigenvalue weighted by atomic mass is 10.1. The van der Waals surface area contributed by atoms with Crippen molar-refractivity contribution in [1.82, 2.24) is 4.57 Å². The van der Waals surface area contributed by atoms with Crippen LogP contribution in [0, 0.1) is 6.92 Å². The largest absolute Gasteiger partial charge is 0.381 e. The van der Waals surface area contributed by atoms with Crippen LogP contribution in [0.3, 0.4) is 0 Å². The third-order valence-corrected chi connectivity index (χ3v) is 3.48. The second kappa shape index (κ2) is 4.81. The van der Waals surface area contributed by atoms with E-state index in [1.807, 2.05) is 0 Å². The van der Waals surface area contributed by atoms with E-state index in [0.717, 1.165) is 6.54 Å². The van der Waals surface area contributed by atoms with Gasteiger partial charge in [-0.3, -0.25) is 0 Å². The van der Waals surface area contributed by atoms with E-state index in [1.165, 1.54) is 27.7 Å². The second-order valence-corrected chi connectivity index (χ2v) is 5.01. The molecule has 1 aromatic heterocycles. The third kappa shape index (κ3) is 2.34. The average Bonchev–Trinajstić information content (AvgIpc) is 2.74. The molecule has 0 spiro atoms. The predicted octanol–water partition coefficient (Wildman–Crippen LogP) is 4.10. The summed E-state index contributed by atoms with van der Waals surface area (Å²) in [4.78, 5) is 0. The van der Waals surface area contributed by atoms with Gasteiger partial charge in [0, 0.05) is 36.4 Å². The van der Waals surface area contributed by atoms with Gasteiger partial charge in [-0.15, -0.1) is 0 Å². The molecule has 0 unspecified atom stereocenters. The molecule has 0 saturated carbocycles. The average molecular weight is 250 g/mol. The first kappa shape index (κ1) is 11.8. The van der Waals surface area contributed by atoms with Crippen LogP contribution < -0.4 is 5.32 Å². The molecule has 0 saturated heterocycles. The molecule has 0 radical (unpaired) electrons. The number of rotatable bonds is 3. The summed E-state index contributed by atoms with van der Waals surface area (Å²) in [5, 5.41) is 4.82. The zero-order chi connectivity index (χ0) is 13.2. The number of nitrogens with one attached hydrogen (secondary N) is 1. The molecule has 3 rings (SSSR count). The lowest BCUT2D eigenvalue weighted by Gasteiger charge is -2.06. The molecule has 0 amide bonds. The smallest absolute Gasteiger partial charge is 0.0481 e. The summed E-state index contributed by atoms with van der Waals surface area (Å²) in [5.41, 5.74) is 5.07. The molecule has 0 aliphatic carbocycles. The summed E-state index contributed by atoms with van der Waals surface area (Å²) in [7, 11) is 2.10. The molecule has 2 aromatic carbocycles. The van der Waals surface area contributed by atoms with Gasteiger partial charge in [-0.25, -0.2) is 0 Å². The highest BCUT2D eigenvalue weighted by molar-refractivity contribution is 5.84. The third-order valence-electron chi connectivity index (χ3n) is 3.48. The molecule has 96 valence electrons. The van der Waals surface area contributed by atoms with Crippen molar-refractivity contribution in [2.75, 3.05) is 5.32 Å². The van der Waals surface area contributed by atoms with Crippen LogP contribution in [0.25, 0.3) is 10.9 Å². The van der Waals surface area contributed by atoms with Gasteiger partial charge in [0.05, 0.1) is 0 Å². The first-order valence-corrected chi connectivity index (χ1v) is 6.57. The minimum atomic E-state index is 0.852. The van der Waals surface area contributed by atoms with Crippen LogP contribution in [0.1, 0.15) is 11.1 Å². The van der Waals surface area contributed by atoms with E-state index < -0.39 is 0 Å². The Bertz CT molecular complexity index is 710. The van der Waals surface area contributed by atoms with Crippen molar-refractivity contribution in [3.63, 3.8) is 0 Å². The lowest BCUT2D eigenvalue weighted by molar-refractivity contribution is 0.956. The van der Waals surface area contributed by atoms with Crippen LogP contribution >= 0.6 is 0 Å².